The van der Waals surface area contributed by atoms with E-state index in [1.165, 1.54) is 0 Å². The number of hydrogen-bond donors (Lipinski definition) is 2. The summed E-state index contributed by atoms with van der Waals surface area (Å²) in [7, 11) is 1.95. The normalized spacial score (nSPS) is 23.4. The molecule has 0 unspecified atom stereocenters. The van der Waals surface area contributed by atoms with E-state index in [0.29, 0.717) is 29.1 Å². The van der Waals surface area contributed by atoms with Crippen molar-refractivity contribution in [2.24, 2.45) is 5.92 Å². The topological polar surface area (TPSA) is 93.9 Å². The second-order valence-electron chi connectivity index (χ2n) is 7.79. The molecule has 7 heteroatoms. The zero-order valence-electron chi connectivity index (χ0n) is 17.0. The van der Waals surface area contributed by atoms with Crippen LogP contribution in [-0.4, -0.2) is 53.5 Å². The van der Waals surface area contributed by atoms with Crippen LogP contribution in [0.25, 0.3) is 11.0 Å². The third-order valence-electron chi connectivity index (χ3n) is 5.78. The molecule has 1 aromatic heterocycles. The summed E-state index contributed by atoms with van der Waals surface area (Å²) in [5.74, 6) is 0.372. The lowest BCUT2D eigenvalue weighted by Gasteiger charge is -2.43. The Hall–Kier alpha value is -2.56. The number of likely N-dealkylation sites (N-methyl/N-ethyl adjacent to an activating group) is 1. The minimum Gasteiger partial charge on any atom is -0.344 e. The van der Waals surface area contributed by atoms with Gasteiger partial charge in [-0.1, -0.05) is 19.9 Å². The maximum atomic E-state index is 13.1. The van der Waals surface area contributed by atoms with Crippen LogP contribution >= 0.6 is 0 Å². The molecule has 0 bridgehead atoms. The first-order valence-corrected chi connectivity index (χ1v) is 9.79. The first kappa shape index (κ1) is 20.2. The Balaban J connectivity index is 2.10. The summed E-state index contributed by atoms with van der Waals surface area (Å²) in [4.78, 5) is 24.0. The van der Waals surface area contributed by atoms with Crippen LogP contribution in [0.5, 0.6) is 0 Å². The first-order valence-electron chi connectivity index (χ1n) is 9.79. The van der Waals surface area contributed by atoms with Gasteiger partial charge in [0, 0.05) is 24.5 Å². The van der Waals surface area contributed by atoms with E-state index in [4.69, 9.17) is 0 Å². The molecule has 0 aliphatic carbocycles. The van der Waals surface area contributed by atoms with Gasteiger partial charge in [0.15, 0.2) is 0 Å². The van der Waals surface area contributed by atoms with Gasteiger partial charge >= 0.3 is 0 Å². The monoisotopic (exact) mass is 380 g/mol. The van der Waals surface area contributed by atoms with E-state index < -0.39 is 5.54 Å². The molecule has 1 aromatic carbocycles. The average molecular weight is 380 g/mol. The van der Waals surface area contributed by atoms with Crippen LogP contribution in [0.2, 0.25) is 0 Å². The Bertz CT molecular complexity index is 907. The zero-order valence-corrected chi connectivity index (χ0v) is 17.0. The van der Waals surface area contributed by atoms with Gasteiger partial charge in [-0.05, 0) is 45.5 Å². The number of carbonyl (C=O) groups excluding carboxylic acids is 1. The van der Waals surface area contributed by atoms with Crippen molar-refractivity contribution < 1.29 is 4.79 Å². The number of nitrogens with one attached hydrogen (secondary N) is 2. The molecule has 7 nitrogen and oxygen atoms in total. The van der Waals surface area contributed by atoms with Crippen molar-refractivity contribution in [3.05, 3.63) is 35.7 Å². The Morgan fingerprint density at radius 1 is 1.43 bits per heavy atom. The summed E-state index contributed by atoms with van der Waals surface area (Å²) in [6.07, 6.45) is 4.03. The third kappa shape index (κ3) is 3.71. The van der Waals surface area contributed by atoms with E-state index in [2.05, 4.69) is 33.6 Å². The van der Waals surface area contributed by atoms with Crippen molar-refractivity contribution in [2.75, 3.05) is 26.7 Å². The van der Waals surface area contributed by atoms with Crippen molar-refractivity contribution in [2.45, 2.75) is 38.8 Å². The lowest BCUT2D eigenvalue weighted by atomic mass is 9.77. The van der Waals surface area contributed by atoms with Gasteiger partial charge in [-0.15, -0.1) is 0 Å². The number of benzene rings is 1. The van der Waals surface area contributed by atoms with Crippen molar-refractivity contribution in [1.82, 2.24) is 25.5 Å². The summed E-state index contributed by atoms with van der Waals surface area (Å²) in [6.45, 7) is 8.44. The van der Waals surface area contributed by atoms with E-state index in [1.807, 2.05) is 31.9 Å². The van der Waals surface area contributed by atoms with Gasteiger partial charge in [0.05, 0.1) is 22.7 Å². The van der Waals surface area contributed by atoms with Gasteiger partial charge in [-0.2, -0.15) is 5.26 Å². The molecule has 2 N–H and O–H groups in total. The molecule has 1 aliphatic rings. The van der Waals surface area contributed by atoms with E-state index in [-0.39, 0.29) is 11.9 Å². The largest absolute Gasteiger partial charge is 0.344 e. The van der Waals surface area contributed by atoms with Crippen molar-refractivity contribution in [3.8, 4) is 6.07 Å². The Labute approximate surface area is 166 Å². The van der Waals surface area contributed by atoms with Crippen LogP contribution in [0.15, 0.2) is 24.5 Å². The molecule has 0 radical (unpaired) electrons. The summed E-state index contributed by atoms with van der Waals surface area (Å²) >= 11 is 0. The molecular formula is C21H28N6O. The predicted octanol–water partition coefficient (Wildman–Crippen LogP) is 1.78. The lowest BCUT2D eigenvalue weighted by Crippen LogP contribution is -2.60. The summed E-state index contributed by atoms with van der Waals surface area (Å²) in [5.41, 5.74) is 2.06. The molecular weight excluding hydrogens is 352 g/mol. The smallest absolute Gasteiger partial charge is 0.237 e. The van der Waals surface area contributed by atoms with Gasteiger partial charge in [0.25, 0.3) is 0 Å². The molecule has 1 amide bonds. The minimum atomic E-state index is -0.597. The van der Waals surface area contributed by atoms with E-state index >= 15 is 0 Å². The summed E-state index contributed by atoms with van der Waals surface area (Å²) in [6, 6.07) is 5.65. The molecule has 3 rings (SSSR count). The first-order chi connectivity index (χ1) is 13.4. The van der Waals surface area contributed by atoms with E-state index in [9.17, 15) is 10.1 Å². The number of nitrogens with zero attached hydrogens (tertiary/aromatic N) is 4. The minimum absolute atomic E-state index is 0.0124. The SMILES string of the molecule is CCN(C)[C@@H](C)C(=O)N[C@]1(c2ccc(C#N)c3nccnc23)CNC[C@@H](C)C1. The quantitative estimate of drug-likeness (QED) is 0.821. The highest BCUT2D eigenvalue weighted by atomic mass is 16.2. The van der Waals surface area contributed by atoms with Crippen LogP contribution in [0.3, 0.4) is 0 Å². The van der Waals surface area contributed by atoms with E-state index in [1.54, 1.807) is 18.5 Å². The molecule has 1 fully saturated rings. The maximum absolute atomic E-state index is 13.1. The van der Waals surface area contributed by atoms with Gasteiger partial charge in [0.2, 0.25) is 5.91 Å². The van der Waals surface area contributed by atoms with Crippen molar-refractivity contribution in [3.63, 3.8) is 0 Å². The Kier molecular flexibility index (Phi) is 5.92. The second kappa shape index (κ2) is 8.21. The highest BCUT2D eigenvalue weighted by molar-refractivity contribution is 5.87. The molecule has 1 aliphatic heterocycles. The molecule has 1 saturated heterocycles. The fourth-order valence-electron chi connectivity index (χ4n) is 3.99. The van der Waals surface area contributed by atoms with Gasteiger partial charge in [0.1, 0.15) is 11.6 Å². The number of hydrogen-bond acceptors (Lipinski definition) is 6. The van der Waals surface area contributed by atoms with Gasteiger partial charge in [-0.25, -0.2) is 0 Å². The highest BCUT2D eigenvalue weighted by Gasteiger charge is 2.41. The van der Waals surface area contributed by atoms with Crippen LogP contribution in [0, 0.1) is 17.2 Å². The van der Waals surface area contributed by atoms with Crippen LogP contribution < -0.4 is 10.6 Å². The van der Waals surface area contributed by atoms with Crippen molar-refractivity contribution >= 4 is 16.9 Å². The van der Waals surface area contributed by atoms with E-state index in [0.717, 1.165) is 25.1 Å². The summed E-state index contributed by atoms with van der Waals surface area (Å²) in [5, 5.41) is 16.2. The number of amides is 1. The molecule has 0 spiro atoms. The van der Waals surface area contributed by atoms with Crippen LogP contribution in [-0.2, 0) is 10.3 Å². The highest BCUT2D eigenvalue weighted by Crippen LogP contribution is 2.35. The Morgan fingerprint density at radius 2 is 2.14 bits per heavy atom. The molecule has 3 atom stereocenters. The number of piperidine rings is 1. The van der Waals surface area contributed by atoms with Crippen LogP contribution in [0.1, 0.15) is 38.3 Å². The fourth-order valence-corrected chi connectivity index (χ4v) is 3.99. The zero-order chi connectivity index (χ0) is 20.3. The summed E-state index contributed by atoms with van der Waals surface area (Å²) < 4.78 is 0. The third-order valence-corrected chi connectivity index (χ3v) is 5.78. The molecule has 2 heterocycles. The number of carbonyl (C=O) groups is 1. The number of nitriles is 1. The standard InChI is InChI=1S/C21H28N6O/c1-5-27(4)15(3)20(28)26-21(10-14(2)12-23-13-21)17-7-6-16(11-22)18-19(17)25-9-8-24-18/h6-9,14-15,23H,5,10,12-13H2,1-4H3,(H,26,28)/t14-,15-,21-/m0/s1. The average Bonchev–Trinajstić information content (AvgIpc) is 2.71. The number of rotatable bonds is 5. The lowest BCUT2D eigenvalue weighted by molar-refractivity contribution is -0.128. The van der Waals surface area contributed by atoms with Crippen molar-refractivity contribution in [1.29, 1.82) is 5.26 Å². The molecule has 28 heavy (non-hydrogen) atoms. The molecule has 2 aromatic rings. The molecule has 148 valence electrons. The Morgan fingerprint density at radius 3 is 2.79 bits per heavy atom. The fraction of sp³-hybridized carbons (Fsp3) is 0.524. The second-order valence-corrected chi connectivity index (χ2v) is 7.79. The predicted molar refractivity (Wildman–Crippen MR) is 108 cm³/mol. The number of fused-ring (bicyclic) bond motifs is 1. The van der Waals surface area contributed by atoms with Gasteiger partial charge < -0.3 is 10.6 Å². The van der Waals surface area contributed by atoms with Crippen LogP contribution in [0.4, 0.5) is 0 Å². The molecule has 0 saturated carbocycles. The maximum Gasteiger partial charge on any atom is 0.237 e. The number of aromatic nitrogens is 2. The van der Waals surface area contributed by atoms with Gasteiger partial charge in [-0.3, -0.25) is 19.7 Å².